The van der Waals surface area contributed by atoms with Crippen molar-refractivity contribution in [2.24, 2.45) is 4.99 Å². The highest BCUT2D eigenvalue weighted by atomic mass is 127. The van der Waals surface area contributed by atoms with E-state index in [1.807, 2.05) is 30.1 Å². The molecule has 0 fully saturated rings. The Labute approximate surface area is 177 Å². The van der Waals surface area contributed by atoms with E-state index < -0.39 is 0 Å². The van der Waals surface area contributed by atoms with Crippen LogP contribution in [-0.2, 0) is 17.8 Å². The number of amides is 1. The van der Waals surface area contributed by atoms with E-state index in [2.05, 4.69) is 27.8 Å². The second kappa shape index (κ2) is 12.3. The molecule has 0 unspecified atom stereocenters. The van der Waals surface area contributed by atoms with Crippen LogP contribution in [0.3, 0.4) is 0 Å². The lowest BCUT2D eigenvalue weighted by Crippen LogP contribution is -2.42. The molecule has 2 aromatic carbocycles. The van der Waals surface area contributed by atoms with Crippen molar-refractivity contribution in [3.05, 3.63) is 71.5 Å². The number of aliphatic imine (C=N–C) groups is 1. The number of halogens is 2. The molecular formula is C20H26FIN4O. The number of rotatable bonds is 7. The summed E-state index contributed by atoms with van der Waals surface area (Å²) in [5, 5.41) is 6.07. The van der Waals surface area contributed by atoms with Gasteiger partial charge in [-0.15, -0.1) is 24.0 Å². The Bertz CT molecular complexity index is 723. The van der Waals surface area contributed by atoms with Gasteiger partial charge in [0.05, 0.1) is 6.42 Å². The number of guanidine groups is 1. The third-order valence-electron chi connectivity index (χ3n) is 3.84. The summed E-state index contributed by atoms with van der Waals surface area (Å²) >= 11 is 0. The first-order valence-corrected chi connectivity index (χ1v) is 8.55. The van der Waals surface area contributed by atoms with Crippen molar-refractivity contribution in [3.8, 4) is 0 Å². The Morgan fingerprint density at radius 1 is 1.00 bits per heavy atom. The van der Waals surface area contributed by atoms with Crippen LogP contribution in [0, 0.1) is 5.82 Å². The zero-order valence-electron chi connectivity index (χ0n) is 15.6. The third-order valence-corrected chi connectivity index (χ3v) is 3.84. The smallest absolute Gasteiger partial charge is 0.224 e. The lowest BCUT2D eigenvalue weighted by Gasteiger charge is -2.22. The number of carbonyl (C=O) groups excluding carboxylic acids is 1. The van der Waals surface area contributed by atoms with Crippen molar-refractivity contribution in [1.82, 2.24) is 15.5 Å². The SMILES string of the molecule is CN=C(NCCNC(=O)Cc1ccc(F)cc1)N(C)Cc1ccccc1.I. The monoisotopic (exact) mass is 484 g/mol. The minimum Gasteiger partial charge on any atom is -0.354 e. The number of hydrogen-bond acceptors (Lipinski definition) is 2. The Hall–Kier alpha value is -2.16. The summed E-state index contributed by atoms with van der Waals surface area (Å²) in [5.41, 5.74) is 1.99. The second-order valence-corrected chi connectivity index (χ2v) is 5.97. The summed E-state index contributed by atoms with van der Waals surface area (Å²) in [4.78, 5) is 18.2. The maximum Gasteiger partial charge on any atom is 0.224 e. The summed E-state index contributed by atoms with van der Waals surface area (Å²) < 4.78 is 12.9. The molecular weight excluding hydrogens is 458 g/mol. The van der Waals surface area contributed by atoms with E-state index in [4.69, 9.17) is 0 Å². The molecule has 0 aliphatic heterocycles. The molecule has 0 aliphatic rings. The number of carbonyl (C=O) groups is 1. The van der Waals surface area contributed by atoms with Crippen molar-refractivity contribution in [1.29, 1.82) is 0 Å². The van der Waals surface area contributed by atoms with Crippen molar-refractivity contribution in [2.75, 3.05) is 27.2 Å². The summed E-state index contributed by atoms with van der Waals surface area (Å²) in [6, 6.07) is 16.1. The van der Waals surface area contributed by atoms with Gasteiger partial charge in [-0.1, -0.05) is 42.5 Å². The maximum absolute atomic E-state index is 12.9. The number of nitrogens with zero attached hydrogens (tertiary/aromatic N) is 2. The van der Waals surface area contributed by atoms with Gasteiger partial charge in [0.25, 0.3) is 0 Å². The van der Waals surface area contributed by atoms with Crippen LogP contribution < -0.4 is 10.6 Å². The molecule has 27 heavy (non-hydrogen) atoms. The molecule has 7 heteroatoms. The lowest BCUT2D eigenvalue weighted by atomic mass is 10.1. The van der Waals surface area contributed by atoms with Crippen LogP contribution in [0.1, 0.15) is 11.1 Å². The van der Waals surface area contributed by atoms with E-state index in [0.29, 0.717) is 13.1 Å². The van der Waals surface area contributed by atoms with Gasteiger partial charge in [0.1, 0.15) is 5.82 Å². The summed E-state index contributed by atoms with van der Waals surface area (Å²) in [5.74, 6) is 0.372. The van der Waals surface area contributed by atoms with Crippen molar-refractivity contribution in [2.45, 2.75) is 13.0 Å². The van der Waals surface area contributed by atoms with Gasteiger partial charge in [-0.25, -0.2) is 4.39 Å². The predicted molar refractivity (Wildman–Crippen MR) is 118 cm³/mol. The largest absolute Gasteiger partial charge is 0.354 e. The quantitative estimate of drug-likeness (QED) is 0.275. The molecule has 2 N–H and O–H groups in total. The van der Waals surface area contributed by atoms with Crippen molar-refractivity contribution >= 4 is 35.8 Å². The number of hydrogen-bond donors (Lipinski definition) is 2. The van der Waals surface area contributed by atoms with Crippen LogP contribution in [0.25, 0.3) is 0 Å². The maximum atomic E-state index is 12.9. The minimum atomic E-state index is -0.302. The van der Waals surface area contributed by atoms with E-state index in [-0.39, 0.29) is 42.1 Å². The van der Waals surface area contributed by atoms with Gasteiger partial charge in [-0.05, 0) is 23.3 Å². The van der Waals surface area contributed by atoms with Gasteiger partial charge in [0.2, 0.25) is 5.91 Å². The van der Waals surface area contributed by atoms with Gasteiger partial charge in [-0.2, -0.15) is 0 Å². The fraction of sp³-hybridized carbons (Fsp3) is 0.300. The minimum absolute atomic E-state index is 0. The highest BCUT2D eigenvalue weighted by molar-refractivity contribution is 14.0. The van der Waals surface area contributed by atoms with Crippen molar-refractivity contribution < 1.29 is 9.18 Å². The van der Waals surface area contributed by atoms with Gasteiger partial charge < -0.3 is 15.5 Å². The van der Waals surface area contributed by atoms with Gasteiger partial charge in [-0.3, -0.25) is 9.79 Å². The lowest BCUT2D eigenvalue weighted by molar-refractivity contribution is -0.120. The third kappa shape index (κ3) is 8.38. The Balaban J connectivity index is 0.00000364. The number of nitrogens with one attached hydrogen (secondary N) is 2. The first-order valence-electron chi connectivity index (χ1n) is 8.55. The molecule has 0 aliphatic carbocycles. The molecule has 0 radical (unpaired) electrons. The van der Waals surface area contributed by atoms with E-state index >= 15 is 0 Å². The summed E-state index contributed by atoms with van der Waals surface area (Å²) in [6.45, 7) is 1.80. The Morgan fingerprint density at radius 2 is 1.63 bits per heavy atom. The van der Waals surface area contributed by atoms with Crippen molar-refractivity contribution in [3.63, 3.8) is 0 Å². The highest BCUT2D eigenvalue weighted by Gasteiger charge is 2.07. The molecule has 0 aromatic heterocycles. The topological polar surface area (TPSA) is 56.7 Å². The highest BCUT2D eigenvalue weighted by Crippen LogP contribution is 2.04. The first kappa shape index (κ1) is 22.9. The van der Waals surface area contributed by atoms with Crippen LogP contribution in [0.5, 0.6) is 0 Å². The Morgan fingerprint density at radius 3 is 2.26 bits per heavy atom. The molecule has 146 valence electrons. The van der Waals surface area contributed by atoms with Crippen LogP contribution in [0.4, 0.5) is 4.39 Å². The predicted octanol–water partition coefficient (Wildman–Crippen LogP) is 2.81. The molecule has 5 nitrogen and oxygen atoms in total. The van der Waals surface area contributed by atoms with Crippen LogP contribution in [-0.4, -0.2) is 44.0 Å². The van der Waals surface area contributed by atoms with E-state index in [1.165, 1.54) is 17.7 Å². The van der Waals surface area contributed by atoms with E-state index in [0.717, 1.165) is 18.1 Å². The first-order chi connectivity index (χ1) is 12.6. The van der Waals surface area contributed by atoms with Crippen LogP contribution in [0.2, 0.25) is 0 Å². The fourth-order valence-electron chi connectivity index (χ4n) is 2.54. The summed E-state index contributed by atoms with van der Waals surface area (Å²) in [7, 11) is 3.70. The molecule has 0 saturated carbocycles. The molecule has 0 atom stereocenters. The summed E-state index contributed by atoms with van der Waals surface area (Å²) in [6.07, 6.45) is 0.239. The van der Waals surface area contributed by atoms with Gasteiger partial charge in [0, 0.05) is 33.7 Å². The Kier molecular flexibility index (Phi) is 10.4. The average Bonchev–Trinajstić information content (AvgIpc) is 2.64. The van der Waals surface area contributed by atoms with E-state index in [1.54, 1.807) is 19.2 Å². The second-order valence-electron chi connectivity index (χ2n) is 5.97. The van der Waals surface area contributed by atoms with Gasteiger partial charge >= 0.3 is 0 Å². The normalized spacial score (nSPS) is 10.7. The standard InChI is InChI=1S/C20H25FN4O.HI/c1-22-20(25(2)15-17-6-4-3-5-7-17)24-13-12-23-19(26)14-16-8-10-18(21)11-9-16;/h3-11H,12-15H2,1-2H3,(H,22,24)(H,23,26);1H. The van der Waals surface area contributed by atoms with Gasteiger partial charge in [0.15, 0.2) is 5.96 Å². The fourth-order valence-corrected chi connectivity index (χ4v) is 2.54. The zero-order valence-corrected chi connectivity index (χ0v) is 17.9. The molecule has 1 amide bonds. The number of benzene rings is 2. The average molecular weight is 484 g/mol. The van der Waals surface area contributed by atoms with Crippen LogP contribution in [0.15, 0.2) is 59.6 Å². The molecule has 2 rings (SSSR count). The molecule has 0 spiro atoms. The molecule has 0 bridgehead atoms. The van der Waals surface area contributed by atoms with E-state index in [9.17, 15) is 9.18 Å². The zero-order chi connectivity index (χ0) is 18.8. The molecule has 2 aromatic rings. The molecule has 0 saturated heterocycles. The van der Waals surface area contributed by atoms with Crippen LogP contribution >= 0.6 is 24.0 Å². The molecule has 0 heterocycles.